The van der Waals surface area contributed by atoms with Gasteiger partial charge in [0.2, 0.25) is 0 Å². The molecule has 2 amide bonds. The molecule has 0 aliphatic carbocycles. The first kappa shape index (κ1) is 32.0. The number of halogens is 1. The van der Waals surface area contributed by atoms with Gasteiger partial charge in [0.1, 0.15) is 6.61 Å². The Morgan fingerprint density at radius 2 is 1.86 bits per heavy atom. The summed E-state index contributed by atoms with van der Waals surface area (Å²) in [6.07, 6.45) is 0.202. The number of esters is 1. The van der Waals surface area contributed by atoms with Gasteiger partial charge in [-0.05, 0) is 59.6 Å². The van der Waals surface area contributed by atoms with Crippen molar-refractivity contribution < 1.29 is 48.3 Å². The van der Waals surface area contributed by atoms with Crippen LogP contribution in [0, 0.1) is 0 Å². The average molecular weight is 651 g/mol. The maximum Gasteiger partial charge on any atom is 0.341 e. The van der Waals surface area contributed by atoms with Crippen LogP contribution in [0.25, 0.3) is 0 Å². The second-order valence-electron chi connectivity index (χ2n) is 8.62. The number of aliphatic hydroxyl groups excluding tert-OH is 1. The minimum atomic E-state index is -1.21. The zero-order chi connectivity index (χ0) is 30.8. The molecular formula is C27H31BrN4O10. The van der Waals surface area contributed by atoms with Crippen molar-refractivity contribution in [1.29, 1.82) is 0 Å². The Bertz CT molecular complexity index is 1380. The van der Waals surface area contributed by atoms with E-state index in [0.717, 1.165) is 0 Å². The van der Waals surface area contributed by atoms with Gasteiger partial charge < -0.3 is 44.5 Å². The van der Waals surface area contributed by atoms with Crippen LogP contribution in [0.2, 0.25) is 0 Å². The maximum absolute atomic E-state index is 12.4. The molecule has 0 radical (unpaired) electrons. The molecule has 5 N–H and O–H groups in total. The number of nitrogens with one attached hydrogen (secondary N) is 3. The summed E-state index contributed by atoms with van der Waals surface area (Å²) >= 11 is 3.37. The van der Waals surface area contributed by atoms with Crippen LogP contribution < -0.4 is 35.0 Å². The van der Waals surface area contributed by atoms with Gasteiger partial charge in [-0.15, -0.1) is 0 Å². The fraction of sp³-hybridized carbons (Fsp3) is 0.333. The molecule has 0 fully saturated rings. The van der Waals surface area contributed by atoms with Crippen LogP contribution in [-0.2, 0) is 14.3 Å². The zero-order valence-corrected chi connectivity index (χ0v) is 24.8. The number of carboxylic acid groups (broad SMARTS) is 1. The molecule has 0 spiro atoms. The number of amides is 2. The van der Waals surface area contributed by atoms with E-state index < -0.39 is 36.8 Å². The lowest BCUT2D eigenvalue weighted by Crippen LogP contribution is -2.45. The Labute approximate surface area is 249 Å². The van der Waals surface area contributed by atoms with Gasteiger partial charge in [0.25, 0.3) is 0 Å². The Balaban J connectivity index is 1.68. The highest BCUT2D eigenvalue weighted by Crippen LogP contribution is 2.35. The number of aliphatic carboxylic acids is 1. The summed E-state index contributed by atoms with van der Waals surface area (Å²) in [4.78, 5) is 35.3. The lowest BCUT2D eigenvalue weighted by Gasteiger charge is -2.28. The van der Waals surface area contributed by atoms with E-state index in [1.807, 2.05) is 0 Å². The molecule has 2 atom stereocenters. The monoisotopic (exact) mass is 650 g/mol. The van der Waals surface area contributed by atoms with Gasteiger partial charge in [-0.1, -0.05) is 6.07 Å². The van der Waals surface area contributed by atoms with Crippen molar-refractivity contribution in [2.45, 2.75) is 26.1 Å². The summed E-state index contributed by atoms with van der Waals surface area (Å²) in [6.45, 7) is 2.96. The molecule has 15 heteroatoms. The predicted molar refractivity (Wildman–Crippen MR) is 153 cm³/mol. The summed E-state index contributed by atoms with van der Waals surface area (Å²) < 4.78 is 27.4. The molecule has 42 heavy (non-hydrogen) atoms. The van der Waals surface area contributed by atoms with Crippen LogP contribution >= 0.6 is 15.9 Å². The number of rotatable bonds is 14. The third-order valence-corrected chi connectivity index (χ3v) is 6.42. The molecule has 0 saturated heterocycles. The molecule has 0 bridgehead atoms. The molecule has 3 rings (SSSR count). The quantitative estimate of drug-likeness (QED) is 0.0875. The van der Waals surface area contributed by atoms with Crippen LogP contribution in [0.3, 0.4) is 0 Å². The van der Waals surface area contributed by atoms with Gasteiger partial charge in [-0.25, -0.2) is 14.4 Å². The number of ether oxygens (including phenoxy) is 5. The highest BCUT2D eigenvalue weighted by Gasteiger charge is 2.32. The first-order valence-electron chi connectivity index (χ1n) is 12.5. The number of benzene rings is 2. The first-order valence-corrected chi connectivity index (χ1v) is 13.3. The van der Waals surface area contributed by atoms with E-state index in [0.29, 0.717) is 45.2 Å². The number of aliphatic hydroxyl groups is 1. The molecule has 2 aromatic rings. The van der Waals surface area contributed by atoms with Crippen LogP contribution in [-0.4, -0.2) is 74.7 Å². The number of carbonyl (C=O) groups excluding carboxylic acids is 2. The van der Waals surface area contributed by atoms with E-state index in [9.17, 15) is 19.5 Å². The number of carbonyl (C=O) groups is 3. The fourth-order valence-electron chi connectivity index (χ4n) is 3.88. The second kappa shape index (κ2) is 14.9. The van der Waals surface area contributed by atoms with Crippen molar-refractivity contribution >= 4 is 40.1 Å². The summed E-state index contributed by atoms with van der Waals surface area (Å²) in [5.74, 6) is -0.538. The maximum atomic E-state index is 12.4. The molecule has 0 aromatic heterocycles. The van der Waals surface area contributed by atoms with Crippen molar-refractivity contribution in [2.75, 3.05) is 34.0 Å². The first-order chi connectivity index (χ1) is 20.1. The topological polar surface area (TPSA) is 186 Å². The SMILES string of the molecule is CCOc1cc([C@@H]2NC(=O)NC(C)=C2C(=O)OC)ccc1OC[C@H](O)N/N=C\c1cc(OC)c(OCC(=O)O)cc1Br. The Kier molecular flexibility index (Phi) is 11.4. The van der Waals surface area contributed by atoms with Crippen LogP contribution in [0.4, 0.5) is 4.79 Å². The summed E-state index contributed by atoms with van der Waals surface area (Å²) in [6, 6.07) is 6.78. The fourth-order valence-corrected chi connectivity index (χ4v) is 4.30. The Hall–Kier alpha value is -4.50. The Morgan fingerprint density at radius 3 is 2.52 bits per heavy atom. The van der Waals surface area contributed by atoms with E-state index >= 15 is 0 Å². The molecule has 14 nitrogen and oxygen atoms in total. The predicted octanol–water partition coefficient (Wildman–Crippen LogP) is 2.44. The van der Waals surface area contributed by atoms with E-state index in [-0.39, 0.29) is 17.9 Å². The van der Waals surface area contributed by atoms with E-state index in [2.05, 4.69) is 37.1 Å². The highest BCUT2D eigenvalue weighted by atomic mass is 79.9. The molecule has 0 unspecified atom stereocenters. The number of urea groups is 1. The van der Waals surface area contributed by atoms with Gasteiger partial charge in [0.05, 0.1) is 38.7 Å². The molecule has 1 aliphatic heterocycles. The van der Waals surface area contributed by atoms with Crippen molar-refractivity contribution in [3.8, 4) is 23.0 Å². The van der Waals surface area contributed by atoms with Crippen LogP contribution in [0.15, 0.2) is 51.2 Å². The van der Waals surface area contributed by atoms with E-state index in [1.54, 1.807) is 44.2 Å². The summed E-state index contributed by atoms with van der Waals surface area (Å²) in [5.41, 5.74) is 4.29. The summed E-state index contributed by atoms with van der Waals surface area (Å²) in [7, 11) is 2.67. The van der Waals surface area contributed by atoms with E-state index in [1.165, 1.54) is 20.4 Å². The normalized spacial score (nSPS) is 15.4. The van der Waals surface area contributed by atoms with Crippen molar-refractivity contribution in [2.24, 2.45) is 5.10 Å². The number of hydrogen-bond donors (Lipinski definition) is 5. The zero-order valence-electron chi connectivity index (χ0n) is 23.2. The van der Waals surface area contributed by atoms with Crippen LogP contribution in [0.1, 0.15) is 31.0 Å². The largest absolute Gasteiger partial charge is 0.493 e. The van der Waals surface area contributed by atoms with Gasteiger partial charge in [-0.3, -0.25) is 5.43 Å². The van der Waals surface area contributed by atoms with Crippen molar-refractivity contribution in [3.63, 3.8) is 0 Å². The van der Waals surface area contributed by atoms with Crippen molar-refractivity contribution in [3.05, 3.63) is 57.2 Å². The van der Waals surface area contributed by atoms with Gasteiger partial charge >= 0.3 is 18.0 Å². The van der Waals surface area contributed by atoms with Gasteiger partial charge in [0, 0.05) is 15.7 Å². The number of nitrogens with zero attached hydrogens (tertiary/aromatic N) is 1. The highest BCUT2D eigenvalue weighted by molar-refractivity contribution is 9.10. The van der Waals surface area contributed by atoms with Gasteiger partial charge in [0.15, 0.2) is 35.8 Å². The number of carboxylic acids is 1. The molecule has 1 heterocycles. The number of methoxy groups -OCH3 is 2. The number of allylic oxidation sites excluding steroid dienone is 1. The third-order valence-electron chi connectivity index (χ3n) is 5.73. The standard InChI is InChI=1S/C27H31BrN4O10/c1-5-40-20-8-15(25-24(26(36)39-4)14(2)30-27(37)31-25)6-7-18(20)41-12-22(33)32-29-11-16-9-19(38-3)21(10-17(16)28)42-13-23(34)35/h6-11,22,25,32-33H,5,12-13H2,1-4H3,(H,34,35)(H2,30,31,37)/b29-11-/t22-,25-/m0/s1. The molecule has 2 aromatic carbocycles. The minimum absolute atomic E-state index is 0.209. The second-order valence-corrected chi connectivity index (χ2v) is 9.48. The molecule has 0 saturated carbocycles. The number of hydrogen-bond acceptors (Lipinski definition) is 11. The number of hydrazone groups is 1. The van der Waals surface area contributed by atoms with Crippen molar-refractivity contribution in [1.82, 2.24) is 16.1 Å². The third kappa shape index (κ3) is 8.27. The Morgan fingerprint density at radius 1 is 1.12 bits per heavy atom. The lowest BCUT2D eigenvalue weighted by molar-refractivity contribution is -0.139. The molecule has 1 aliphatic rings. The lowest BCUT2D eigenvalue weighted by atomic mass is 9.95. The molecular weight excluding hydrogens is 620 g/mol. The summed E-state index contributed by atoms with van der Waals surface area (Å²) in [5, 5.41) is 28.5. The van der Waals surface area contributed by atoms with E-state index in [4.69, 9.17) is 28.8 Å². The van der Waals surface area contributed by atoms with Crippen LogP contribution in [0.5, 0.6) is 23.0 Å². The minimum Gasteiger partial charge on any atom is -0.493 e. The van der Waals surface area contributed by atoms with Gasteiger partial charge in [-0.2, -0.15) is 5.10 Å². The smallest absolute Gasteiger partial charge is 0.341 e. The molecule has 226 valence electrons. The average Bonchev–Trinajstić information content (AvgIpc) is 2.95.